The minimum Gasteiger partial charge on any atom is -0.384 e. The van der Waals surface area contributed by atoms with Crippen LogP contribution in [0.15, 0.2) is 24.3 Å². The summed E-state index contributed by atoms with van der Waals surface area (Å²) in [5.74, 6) is 0.00396. The van der Waals surface area contributed by atoms with Crippen LogP contribution in [-0.4, -0.2) is 52.4 Å². The van der Waals surface area contributed by atoms with E-state index in [1.165, 1.54) is 31.1 Å². The Morgan fingerprint density at radius 1 is 1.27 bits per heavy atom. The van der Waals surface area contributed by atoms with E-state index in [4.69, 9.17) is 4.74 Å². The van der Waals surface area contributed by atoms with Gasteiger partial charge in [0.05, 0.1) is 12.4 Å². The summed E-state index contributed by atoms with van der Waals surface area (Å²) in [6.45, 7) is 4.76. The molecule has 124 valence electrons. The van der Waals surface area contributed by atoms with E-state index in [0.29, 0.717) is 6.54 Å². The van der Waals surface area contributed by atoms with Gasteiger partial charge < -0.3 is 4.74 Å². The van der Waals surface area contributed by atoms with Crippen molar-refractivity contribution in [2.24, 2.45) is 0 Å². The first-order valence-corrected chi connectivity index (χ1v) is 9.44. The van der Waals surface area contributed by atoms with Crippen molar-refractivity contribution in [1.82, 2.24) is 9.62 Å². The van der Waals surface area contributed by atoms with Gasteiger partial charge in [-0.15, -0.1) is 0 Å². The molecule has 0 radical (unpaired) electrons. The minimum absolute atomic E-state index is 0.00396. The molecule has 2 rings (SSSR count). The maximum atomic E-state index is 12.0. The zero-order valence-corrected chi connectivity index (χ0v) is 14.2. The maximum Gasteiger partial charge on any atom is 0.213 e. The van der Waals surface area contributed by atoms with E-state index >= 15 is 0 Å². The van der Waals surface area contributed by atoms with Crippen LogP contribution in [0, 0.1) is 6.92 Å². The smallest absolute Gasteiger partial charge is 0.213 e. The number of likely N-dealkylation sites (tertiary alicyclic amines) is 1. The topological polar surface area (TPSA) is 58.6 Å². The molecule has 0 bridgehead atoms. The number of methoxy groups -OCH3 is 1. The molecule has 0 amide bonds. The molecule has 0 aromatic heterocycles. The molecule has 1 heterocycles. The number of benzene rings is 1. The first-order valence-electron chi connectivity index (χ1n) is 7.79. The number of nitrogens with one attached hydrogen (secondary N) is 1. The minimum atomic E-state index is -3.29. The third-order valence-electron chi connectivity index (χ3n) is 4.18. The van der Waals surface area contributed by atoms with Gasteiger partial charge in [0.15, 0.2) is 0 Å². The summed E-state index contributed by atoms with van der Waals surface area (Å²) >= 11 is 0. The Morgan fingerprint density at radius 3 is 2.59 bits per heavy atom. The molecule has 1 saturated heterocycles. The third-order valence-corrected chi connectivity index (χ3v) is 5.49. The molecule has 0 aliphatic carbocycles. The predicted molar refractivity (Wildman–Crippen MR) is 88.4 cm³/mol. The Hall–Kier alpha value is -0.950. The molecule has 1 aliphatic heterocycles. The van der Waals surface area contributed by atoms with Crippen molar-refractivity contribution in [2.75, 3.05) is 39.1 Å². The zero-order valence-electron chi connectivity index (χ0n) is 13.4. The quantitative estimate of drug-likeness (QED) is 0.790. The molecular formula is C16H26N2O3S. The molecule has 0 spiro atoms. The summed E-state index contributed by atoms with van der Waals surface area (Å²) in [5, 5.41) is 0. The number of ether oxygens (including phenoxy) is 1. The van der Waals surface area contributed by atoms with Gasteiger partial charge in [-0.3, -0.25) is 4.90 Å². The molecule has 22 heavy (non-hydrogen) atoms. The second-order valence-electron chi connectivity index (χ2n) is 5.78. The highest BCUT2D eigenvalue weighted by Gasteiger charge is 2.25. The number of aryl methyl sites for hydroxylation is 1. The van der Waals surface area contributed by atoms with Crippen molar-refractivity contribution in [1.29, 1.82) is 0 Å². The first-order chi connectivity index (χ1) is 10.5. The van der Waals surface area contributed by atoms with Crippen molar-refractivity contribution < 1.29 is 13.2 Å². The Labute approximate surface area is 133 Å². The Bertz CT molecular complexity index is 569. The summed E-state index contributed by atoms with van der Waals surface area (Å²) in [5.41, 5.74) is 2.41. The summed E-state index contributed by atoms with van der Waals surface area (Å²) < 4.78 is 31.6. The Balaban J connectivity index is 2.10. The van der Waals surface area contributed by atoms with Gasteiger partial charge in [0, 0.05) is 19.7 Å². The molecule has 1 unspecified atom stereocenters. The van der Waals surface area contributed by atoms with Gasteiger partial charge >= 0.3 is 0 Å². The van der Waals surface area contributed by atoms with Crippen molar-refractivity contribution in [3.63, 3.8) is 0 Å². The summed E-state index contributed by atoms with van der Waals surface area (Å²) in [4.78, 5) is 2.38. The number of nitrogens with zero attached hydrogens (tertiary/aromatic N) is 1. The zero-order chi connectivity index (χ0) is 16.0. The van der Waals surface area contributed by atoms with Crippen LogP contribution in [0.1, 0.15) is 30.0 Å². The molecule has 1 N–H and O–H groups in total. The van der Waals surface area contributed by atoms with Gasteiger partial charge in [-0.1, -0.05) is 24.3 Å². The van der Waals surface area contributed by atoms with Crippen LogP contribution in [0.25, 0.3) is 0 Å². The average Bonchev–Trinajstić information content (AvgIpc) is 3.01. The molecule has 1 aliphatic rings. The van der Waals surface area contributed by atoms with E-state index in [1.54, 1.807) is 0 Å². The first kappa shape index (κ1) is 17.4. The lowest BCUT2D eigenvalue weighted by atomic mass is 10.0. The van der Waals surface area contributed by atoms with Gasteiger partial charge in [0.1, 0.15) is 0 Å². The van der Waals surface area contributed by atoms with E-state index in [2.05, 4.69) is 28.7 Å². The molecule has 6 heteroatoms. The van der Waals surface area contributed by atoms with E-state index in [9.17, 15) is 8.42 Å². The fourth-order valence-corrected chi connectivity index (χ4v) is 3.86. The SMILES string of the molecule is COCCS(=O)(=O)NCC(c1ccccc1C)N1CCCC1. The fraction of sp³-hybridized carbons (Fsp3) is 0.625. The molecule has 1 aromatic carbocycles. The summed E-state index contributed by atoms with van der Waals surface area (Å²) in [7, 11) is -1.78. The maximum absolute atomic E-state index is 12.0. The molecule has 1 aromatic rings. The van der Waals surface area contributed by atoms with E-state index in [0.717, 1.165) is 13.1 Å². The Kier molecular flexibility index (Phi) is 6.37. The lowest BCUT2D eigenvalue weighted by molar-refractivity contribution is 0.216. The molecule has 1 fully saturated rings. The van der Waals surface area contributed by atoms with Crippen LogP contribution in [0.3, 0.4) is 0 Å². The van der Waals surface area contributed by atoms with E-state index in [1.807, 2.05) is 12.1 Å². The standard InChI is InChI=1S/C16H26N2O3S/c1-14-7-3-4-8-15(14)16(18-9-5-6-10-18)13-17-22(19,20)12-11-21-2/h3-4,7-8,16-17H,5-6,9-13H2,1-2H3. The monoisotopic (exact) mass is 326 g/mol. The van der Waals surface area contributed by atoms with Crippen molar-refractivity contribution in [3.05, 3.63) is 35.4 Å². The lowest BCUT2D eigenvalue weighted by Gasteiger charge is -2.29. The highest BCUT2D eigenvalue weighted by molar-refractivity contribution is 7.89. The highest BCUT2D eigenvalue weighted by Crippen LogP contribution is 2.27. The predicted octanol–water partition coefficient (Wildman–Crippen LogP) is 1.70. The number of rotatable bonds is 8. The second kappa shape index (κ2) is 8.06. The van der Waals surface area contributed by atoms with Gasteiger partial charge in [-0.25, -0.2) is 13.1 Å². The van der Waals surface area contributed by atoms with E-state index in [-0.39, 0.29) is 18.4 Å². The van der Waals surface area contributed by atoms with Crippen LogP contribution in [0.4, 0.5) is 0 Å². The van der Waals surface area contributed by atoms with Crippen molar-refractivity contribution in [3.8, 4) is 0 Å². The summed E-state index contributed by atoms with van der Waals surface area (Å²) in [6.07, 6.45) is 2.36. The summed E-state index contributed by atoms with van der Waals surface area (Å²) in [6, 6.07) is 8.31. The normalized spacial score (nSPS) is 17.7. The van der Waals surface area contributed by atoms with Crippen LogP contribution in [0.5, 0.6) is 0 Å². The van der Waals surface area contributed by atoms with Crippen LogP contribution in [-0.2, 0) is 14.8 Å². The van der Waals surface area contributed by atoms with Crippen molar-refractivity contribution in [2.45, 2.75) is 25.8 Å². The van der Waals surface area contributed by atoms with Gasteiger partial charge in [0.2, 0.25) is 10.0 Å². The lowest BCUT2D eigenvalue weighted by Crippen LogP contribution is -2.38. The number of hydrogen-bond donors (Lipinski definition) is 1. The van der Waals surface area contributed by atoms with Crippen LogP contribution < -0.4 is 4.72 Å². The molecule has 5 nitrogen and oxygen atoms in total. The van der Waals surface area contributed by atoms with Gasteiger partial charge in [0.25, 0.3) is 0 Å². The van der Waals surface area contributed by atoms with Crippen LogP contribution in [0.2, 0.25) is 0 Å². The average molecular weight is 326 g/mol. The number of sulfonamides is 1. The van der Waals surface area contributed by atoms with Gasteiger partial charge in [-0.05, 0) is 44.0 Å². The molecule has 0 saturated carbocycles. The third kappa shape index (κ3) is 4.78. The van der Waals surface area contributed by atoms with Crippen LogP contribution >= 0.6 is 0 Å². The second-order valence-corrected chi connectivity index (χ2v) is 7.70. The molecular weight excluding hydrogens is 300 g/mol. The Morgan fingerprint density at radius 2 is 1.95 bits per heavy atom. The largest absolute Gasteiger partial charge is 0.384 e. The van der Waals surface area contributed by atoms with E-state index < -0.39 is 10.0 Å². The van der Waals surface area contributed by atoms with Gasteiger partial charge in [-0.2, -0.15) is 0 Å². The molecule has 1 atom stereocenters. The van der Waals surface area contributed by atoms with Crippen molar-refractivity contribution >= 4 is 10.0 Å². The highest BCUT2D eigenvalue weighted by atomic mass is 32.2. The fourth-order valence-electron chi connectivity index (χ4n) is 2.92. The number of hydrogen-bond acceptors (Lipinski definition) is 4.